The van der Waals surface area contributed by atoms with Crippen LogP contribution in [-0.2, 0) is 19.3 Å². The Morgan fingerprint density at radius 1 is 1.18 bits per heavy atom. The molecule has 0 aromatic heterocycles. The molecular formula is C15H22O2. The zero-order valence-electron chi connectivity index (χ0n) is 10.6. The van der Waals surface area contributed by atoms with Gasteiger partial charge in [-0.1, -0.05) is 6.07 Å². The van der Waals surface area contributed by atoms with Crippen LogP contribution in [0.15, 0.2) is 12.1 Å². The molecule has 0 aliphatic heterocycles. The van der Waals surface area contributed by atoms with Gasteiger partial charge >= 0.3 is 0 Å². The van der Waals surface area contributed by atoms with E-state index >= 15 is 0 Å². The van der Waals surface area contributed by atoms with Crippen LogP contribution in [0, 0.1) is 0 Å². The Bertz CT molecular complexity index is 383. The molecule has 0 fully saturated rings. The van der Waals surface area contributed by atoms with Crippen LogP contribution in [0.1, 0.15) is 49.3 Å². The summed E-state index contributed by atoms with van der Waals surface area (Å²) in [5.41, 5.74) is 3.79. The van der Waals surface area contributed by atoms with Gasteiger partial charge in [-0.25, -0.2) is 0 Å². The zero-order valence-corrected chi connectivity index (χ0v) is 10.6. The lowest BCUT2D eigenvalue weighted by atomic mass is 9.89. The minimum Gasteiger partial charge on any atom is -0.508 e. The summed E-state index contributed by atoms with van der Waals surface area (Å²) in [5, 5.41) is 19.2. The van der Waals surface area contributed by atoms with Gasteiger partial charge in [-0.3, -0.25) is 0 Å². The highest BCUT2D eigenvalue weighted by molar-refractivity contribution is 5.43. The number of rotatable bonds is 4. The van der Waals surface area contributed by atoms with Gasteiger partial charge in [-0.2, -0.15) is 0 Å². The molecular weight excluding hydrogens is 212 g/mol. The third-order valence-corrected chi connectivity index (χ3v) is 3.61. The maximum atomic E-state index is 9.97. The third-order valence-electron chi connectivity index (χ3n) is 3.61. The van der Waals surface area contributed by atoms with E-state index in [9.17, 15) is 10.2 Å². The van der Waals surface area contributed by atoms with E-state index in [4.69, 9.17) is 0 Å². The smallest absolute Gasteiger partial charge is 0.119 e. The van der Waals surface area contributed by atoms with Crippen LogP contribution in [0.4, 0.5) is 0 Å². The van der Waals surface area contributed by atoms with E-state index in [1.807, 2.05) is 13.0 Å². The molecule has 17 heavy (non-hydrogen) atoms. The first-order valence-electron chi connectivity index (χ1n) is 6.68. The van der Waals surface area contributed by atoms with E-state index in [0.717, 1.165) is 37.7 Å². The number of aromatic hydroxyl groups is 1. The summed E-state index contributed by atoms with van der Waals surface area (Å²) in [5.74, 6) is 0.441. The number of aryl methyl sites for hydroxylation is 3. The lowest BCUT2D eigenvalue weighted by molar-refractivity contribution is 0.181. The highest BCUT2D eigenvalue weighted by Crippen LogP contribution is 2.29. The van der Waals surface area contributed by atoms with Crippen molar-refractivity contribution in [2.24, 2.45) is 0 Å². The van der Waals surface area contributed by atoms with Crippen molar-refractivity contribution in [2.75, 3.05) is 0 Å². The van der Waals surface area contributed by atoms with Crippen molar-refractivity contribution in [1.82, 2.24) is 0 Å². The van der Waals surface area contributed by atoms with Crippen molar-refractivity contribution < 1.29 is 10.2 Å². The summed E-state index contributed by atoms with van der Waals surface area (Å²) in [6.45, 7) is 1.81. The largest absolute Gasteiger partial charge is 0.508 e. The highest BCUT2D eigenvalue weighted by atomic mass is 16.3. The first-order chi connectivity index (χ1) is 8.16. The standard InChI is InChI=1S/C15H22O2/c1-11(16)5-4-8-14-9-12-6-2-3-7-13(12)10-15(14)17/h9-11,16-17H,2-8H2,1H3/t11-/m0/s1. The van der Waals surface area contributed by atoms with Crippen molar-refractivity contribution in [3.63, 3.8) is 0 Å². The van der Waals surface area contributed by atoms with E-state index in [1.165, 1.54) is 24.0 Å². The highest BCUT2D eigenvalue weighted by Gasteiger charge is 2.13. The molecule has 1 atom stereocenters. The Hall–Kier alpha value is -1.02. The number of aliphatic hydroxyl groups excluding tert-OH is 1. The average molecular weight is 234 g/mol. The Kier molecular flexibility index (Phi) is 4.06. The molecule has 0 radical (unpaired) electrons. The minimum atomic E-state index is -0.241. The van der Waals surface area contributed by atoms with Crippen molar-refractivity contribution in [1.29, 1.82) is 0 Å². The summed E-state index contributed by atoms with van der Waals surface area (Å²) >= 11 is 0. The maximum Gasteiger partial charge on any atom is 0.119 e. The summed E-state index contributed by atoms with van der Waals surface area (Å²) in [4.78, 5) is 0. The Morgan fingerprint density at radius 3 is 2.47 bits per heavy atom. The number of hydrogen-bond acceptors (Lipinski definition) is 2. The molecule has 2 nitrogen and oxygen atoms in total. The fourth-order valence-electron chi connectivity index (χ4n) is 2.61. The summed E-state index contributed by atoms with van der Waals surface area (Å²) in [6.07, 6.45) is 7.13. The second-order valence-electron chi connectivity index (χ2n) is 5.20. The predicted octanol–water partition coefficient (Wildman–Crippen LogP) is 2.97. The number of fused-ring (bicyclic) bond motifs is 1. The molecule has 1 aromatic carbocycles. The van der Waals surface area contributed by atoms with E-state index in [2.05, 4.69) is 6.07 Å². The second-order valence-corrected chi connectivity index (χ2v) is 5.20. The number of phenols is 1. The van der Waals surface area contributed by atoms with Gasteiger partial charge in [-0.05, 0) is 74.6 Å². The summed E-state index contributed by atoms with van der Waals surface area (Å²) in [6, 6.07) is 4.12. The van der Waals surface area contributed by atoms with Crippen LogP contribution < -0.4 is 0 Å². The predicted molar refractivity (Wildman–Crippen MR) is 69.4 cm³/mol. The normalized spacial score (nSPS) is 16.6. The van der Waals surface area contributed by atoms with Gasteiger partial charge < -0.3 is 10.2 Å². The molecule has 1 aliphatic carbocycles. The first kappa shape index (κ1) is 12.4. The third kappa shape index (κ3) is 3.22. The second kappa shape index (κ2) is 5.54. The molecule has 1 aliphatic rings. The van der Waals surface area contributed by atoms with E-state index in [-0.39, 0.29) is 6.10 Å². The molecule has 0 amide bonds. The summed E-state index contributed by atoms with van der Waals surface area (Å²) in [7, 11) is 0. The molecule has 94 valence electrons. The van der Waals surface area contributed by atoms with Gasteiger partial charge in [0.05, 0.1) is 6.10 Å². The molecule has 0 spiro atoms. The molecule has 2 heteroatoms. The maximum absolute atomic E-state index is 9.97. The van der Waals surface area contributed by atoms with Crippen LogP contribution in [-0.4, -0.2) is 16.3 Å². The van der Waals surface area contributed by atoms with Gasteiger partial charge in [0.25, 0.3) is 0 Å². The van der Waals surface area contributed by atoms with Crippen molar-refractivity contribution in [3.05, 3.63) is 28.8 Å². The lowest BCUT2D eigenvalue weighted by Crippen LogP contribution is -2.04. The number of hydrogen-bond donors (Lipinski definition) is 2. The summed E-state index contributed by atoms with van der Waals surface area (Å²) < 4.78 is 0. The molecule has 1 aromatic rings. The molecule has 0 saturated carbocycles. The SMILES string of the molecule is C[C@H](O)CCCc1cc2c(cc1O)CCCC2. The number of benzene rings is 1. The average Bonchev–Trinajstić information content (AvgIpc) is 2.29. The molecule has 0 bridgehead atoms. The molecule has 2 N–H and O–H groups in total. The van der Waals surface area contributed by atoms with Crippen molar-refractivity contribution in [2.45, 2.75) is 58.0 Å². The molecule has 2 rings (SSSR count). The topological polar surface area (TPSA) is 40.5 Å². The molecule has 0 heterocycles. The molecule has 0 saturated heterocycles. The monoisotopic (exact) mass is 234 g/mol. The van der Waals surface area contributed by atoms with Crippen LogP contribution in [0.5, 0.6) is 5.75 Å². The van der Waals surface area contributed by atoms with Gasteiger partial charge in [0.15, 0.2) is 0 Å². The fraction of sp³-hybridized carbons (Fsp3) is 0.600. The first-order valence-corrected chi connectivity index (χ1v) is 6.68. The quantitative estimate of drug-likeness (QED) is 0.841. The van der Waals surface area contributed by atoms with Crippen LogP contribution in [0.2, 0.25) is 0 Å². The van der Waals surface area contributed by atoms with E-state index in [1.54, 1.807) is 0 Å². The Morgan fingerprint density at radius 2 is 1.82 bits per heavy atom. The van der Waals surface area contributed by atoms with Crippen LogP contribution >= 0.6 is 0 Å². The Labute approximate surface area is 103 Å². The lowest BCUT2D eigenvalue weighted by Gasteiger charge is -2.18. The van der Waals surface area contributed by atoms with Gasteiger partial charge in [0.2, 0.25) is 0 Å². The van der Waals surface area contributed by atoms with Gasteiger partial charge in [0.1, 0.15) is 5.75 Å². The van der Waals surface area contributed by atoms with Gasteiger partial charge in [0, 0.05) is 0 Å². The van der Waals surface area contributed by atoms with E-state index in [0.29, 0.717) is 5.75 Å². The zero-order chi connectivity index (χ0) is 12.3. The Balaban J connectivity index is 2.06. The van der Waals surface area contributed by atoms with E-state index < -0.39 is 0 Å². The number of aliphatic hydroxyl groups is 1. The van der Waals surface area contributed by atoms with Crippen molar-refractivity contribution >= 4 is 0 Å². The van der Waals surface area contributed by atoms with Gasteiger partial charge in [-0.15, -0.1) is 0 Å². The number of phenolic OH excluding ortho intramolecular Hbond substituents is 1. The fourth-order valence-corrected chi connectivity index (χ4v) is 2.61. The van der Waals surface area contributed by atoms with Crippen LogP contribution in [0.3, 0.4) is 0 Å². The van der Waals surface area contributed by atoms with Crippen LogP contribution in [0.25, 0.3) is 0 Å². The van der Waals surface area contributed by atoms with Crippen molar-refractivity contribution in [3.8, 4) is 5.75 Å². The minimum absolute atomic E-state index is 0.241. The molecule has 0 unspecified atom stereocenters.